The molecule has 114 valence electrons. The van der Waals surface area contributed by atoms with E-state index in [0.717, 1.165) is 52.1 Å². The van der Waals surface area contributed by atoms with E-state index in [1.54, 1.807) is 0 Å². The molecule has 0 N–H and O–H groups in total. The molecule has 2 aliphatic rings. The molecule has 2 heterocycles. The number of rotatable bonds is 5. The van der Waals surface area contributed by atoms with Crippen molar-refractivity contribution in [1.82, 2.24) is 0 Å². The standard InChI is InChI=1S/C14H28B2O4/c1-5-13(6-2)9-17-15(18-10-13)16-19-11-14(7-3,8-4)12-20-16/h5-12H2,1-4H3. The summed E-state index contributed by atoms with van der Waals surface area (Å²) in [5.41, 5.74) is 0.337. The van der Waals surface area contributed by atoms with Gasteiger partial charge in [-0.1, -0.05) is 27.7 Å². The summed E-state index contributed by atoms with van der Waals surface area (Å²) < 4.78 is 23.5. The lowest BCUT2D eigenvalue weighted by molar-refractivity contribution is -0.0204. The minimum Gasteiger partial charge on any atom is -0.413 e. The van der Waals surface area contributed by atoms with Crippen molar-refractivity contribution in [2.24, 2.45) is 10.8 Å². The van der Waals surface area contributed by atoms with Gasteiger partial charge in [0.25, 0.3) is 0 Å². The molecule has 0 aliphatic carbocycles. The quantitative estimate of drug-likeness (QED) is 0.726. The molecule has 2 aliphatic heterocycles. The maximum atomic E-state index is 5.88. The van der Waals surface area contributed by atoms with Crippen LogP contribution in [0.3, 0.4) is 0 Å². The molecule has 2 rings (SSSR count). The highest BCUT2D eigenvalue weighted by Crippen LogP contribution is 2.34. The minimum absolute atomic E-state index is 0.168. The molecule has 0 radical (unpaired) electrons. The van der Waals surface area contributed by atoms with Crippen molar-refractivity contribution in [2.45, 2.75) is 53.4 Å². The molecule has 0 unspecified atom stereocenters. The third-order valence-electron chi connectivity index (χ3n) is 5.44. The molecule has 0 spiro atoms. The zero-order valence-corrected chi connectivity index (χ0v) is 13.4. The van der Waals surface area contributed by atoms with Gasteiger partial charge < -0.3 is 18.6 Å². The lowest BCUT2D eigenvalue weighted by Gasteiger charge is -2.42. The average Bonchev–Trinajstić information content (AvgIpc) is 2.55. The van der Waals surface area contributed by atoms with Crippen LogP contribution in [0.5, 0.6) is 0 Å². The zero-order valence-electron chi connectivity index (χ0n) is 13.4. The molecule has 0 aromatic rings. The number of hydrogen-bond donors (Lipinski definition) is 0. The molecule has 0 aromatic heterocycles. The maximum absolute atomic E-state index is 5.88. The second kappa shape index (κ2) is 6.82. The second-order valence-electron chi connectivity index (χ2n) is 6.40. The summed E-state index contributed by atoms with van der Waals surface area (Å²) in [5.74, 6) is 0. The van der Waals surface area contributed by atoms with E-state index >= 15 is 0 Å². The first-order valence-electron chi connectivity index (χ1n) is 8.09. The van der Waals surface area contributed by atoms with Gasteiger partial charge in [0.2, 0.25) is 0 Å². The van der Waals surface area contributed by atoms with Gasteiger partial charge in [-0.25, -0.2) is 0 Å². The molecule has 0 aromatic carbocycles. The first kappa shape index (κ1) is 16.3. The Morgan fingerprint density at radius 2 is 0.850 bits per heavy atom. The third kappa shape index (κ3) is 3.24. The lowest BCUT2D eigenvalue weighted by Crippen LogP contribution is -2.57. The fourth-order valence-corrected chi connectivity index (χ4v) is 2.85. The first-order valence-corrected chi connectivity index (χ1v) is 8.09. The summed E-state index contributed by atoms with van der Waals surface area (Å²) >= 11 is 0. The third-order valence-corrected chi connectivity index (χ3v) is 5.44. The smallest absolute Gasteiger partial charge is 0.413 e. The van der Waals surface area contributed by atoms with Gasteiger partial charge in [-0.3, -0.25) is 0 Å². The van der Waals surface area contributed by atoms with Crippen molar-refractivity contribution in [2.75, 3.05) is 26.4 Å². The molecule has 0 atom stereocenters. The van der Waals surface area contributed by atoms with E-state index in [1.165, 1.54) is 0 Å². The van der Waals surface area contributed by atoms with Crippen LogP contribution in [0.15, 0.2) is 0 Å². The Labute approximate surface area is 124 Å². The molecule has 4 nitrogen and oxygen atoms in total. The Morgan fingerprint density at radius 3 is 1.05 bits per heavy atom. The van der Waals surface area contributed by atoms with E-state index < -0.39 is 0 Å². The van der Waals surface area contributed by atoms with Crippen LogP contribution in [0.2, 0.25) is 0 Å². The topological polar surface area (TPSA) is 36.9 Å². The normalized spacial score (nSPS) is 25.8. The van der Waals surface area contributed by atoms with Crippen molar-refractivity contribution in [3.8, 4) is 0 Å². The largest absolute Gasteiger partial charge is 0.488 e. The predicted octanol–water partition coefficient (Wildman–Crippen LogP) is 2.75. The van der Waals surface area contributed by atoms with Gasteiger partial charge in [-0.15, -0.1) is 0 Å². The van der Waals surface area contributed by atoms with Gasteiger partial charge in [-0.05, 0) is 25.7 Å². The SMILES string of the molecule is CCC1(CC)COB(B2OCC(CC)(CC)CO2)OC1. The molecule has 20 heavy (non-hydrogen) atoms. The van der Waals surface area contributed by atoms with Gasteiger partial charge in [0.1, 0.15) is 0 Å². The van der Waals surface area contributed by atoms with Crippen LogP contribution >= 0.6 is 0 Å². The van der Waals surface area contributed by atoms with Crippen LogP contribution in [-0.4, -0.2) is 40.4 Å². The van der Waals surface area contributed by atoms with Gasteiger partial charge in [0.15, 0.2) is 0 Å². The van der Waals surface area contributed by atoms with Crippen LogP contribution in [0, 0.1) is 10.8 Å². The van der Waals surface area contributed by atoms with Gasteiger partial charge >= 0.3 is 14.0 Å². The summed E-state index contributed by atoms with van der Waals surface area (Å²) in [7, 11) is -0.735. The fourth-order valence-electron chi connectivity index (χ4n) is 2.85. The van der Waals surface area contributed by atoms with Crippen molar-refractivity contribution in [3.63, 3.8) is 0 Å². The molecule has 2 fully saturated rings. The van der Waals surface area contributed by atoms with Crippen LogP contribution in [-0.2, 0) is 18.6 Å². The van der Waals surface area contributed by atoms with Gasteiger partial charge in [0.05, 0.1) is 0 Å². The Bertz CT molecular complexity index is 256. The summed E-state index contributed by atoms with van der Waals surface area (Å²) in [5, 5.41) is 0. The van der Waals surface area contributed by atoms with Crippen LogP contribution in [0.4, 0.5) is 0 Å². The molecule has 6 heteroatoms. The fraction of sp³-hybridized carbons (Fsp3) is 1.00. The predicted molar refractivity (Wildman–Crippen MR) is 81.3 cm³/mol. The highest BCUT2D eigenvalue weighted by atomic mass is 16.7. The monoisotopic (exact) mass is 282 g/mol. The van der Waals surface area contributed by atoms with Crippen LogP contribution in [0.1, 0.15) is 53.4 Å². The molecular formula is C14H28B2O4. The summed E-state index contributed by atoms with van der Waals surface area (Å²) in [6.07, 6.45) is 4.32. The van der Waals surface area contributed by atoms with Crippen molar-refractivity contribution in [1.29, 1.82) is 0 Å². The van der Waals surface area contributed by atoms with Gasteiger partial charge in [0, 0.05) is 37.3 Å². The van der Waals surface area contributed by atoms with Crippen molar-refractivity contribution in [3.05, 3.63) is 0 Å². The van der Waals surface area contributed by atoms with Gasteiger partial charge in [-0.2, -0.15) is 0 Å². The summed E-state index contributed by atoms with van der Waals surface area (Å²) in [6, 6.07) is 0. The van der Waals surface area contributed by atoms with Crippen molar-refractivity contribution >= 4 is 14.0 Å². The van der Waals surface area contributed by atoms with Crippen molar-refractivity contribution < 1.29 is 18.6 Å². The minimum atomic E-state index is -0.368. The number of hydrogen-bond acceptors (Lipinski definition) is 4. The van der Waals surface area contributed by atoms with E-state index in [4.69, 9.17) is 18.6 Å². The second-order valence-corrected chi connectivity index (χ2v) is 6.40. The Balaban J connectivity index is 1.84. The summed E-state index contributed by atoms with van der Waals surface area (Å²) in [4.78, 5) is 0. The highest BCUT2D eigenvalue weighted by molar-refractivity contribution is 7.10. The van der Waals surface area contributed by atoms with Crippen LogP contribution in [0.25, 0.3) is 0 Å². The Morgan fingerprint density at radius 1 is 0.600 bits per heavy atom. The molecule has 0 amide bonds. The molecular weight excluding hydrogens is 254 g/mol. The van der Waals surface area contributed by atoms with E-state index in [-0.39, 0.29) is 24.8 Å². The highest BCUT2D eigenvalue weighted by Gasteiger charge is 2.49. The van der Waals surface area contributed by atoms with E-state index in [2.05, 4.69) is 27.7 Å². The zero-order chi connectivity index (χ0) is 14.6. The maximum Gasteiger partial charge on any atom is 0.488 e. The lowest BCUT2D eigenvalue weighted by atomic mass is 9.47. The first-order chi connectivity index (χ1) is 9.62. The molecule has 2 saturated heterocycles. The summed E-state index contributed by atoms with van der Waals surface area (Å²) in [6.45, 7) is 11.7. The Hall–Kier alpha value is -0.0301. The average molecular weight is 282 g/mol. The molecule has 0 bridgehead atoms. The Kier molecular flexibility index (Phi) is 5.57. The van der Waals surface area contributed by atoms with E-state index in [9.17, 15) is 0 Å². The van der Waals surface area contributed by atoms with E-state index in [1.807, 2.05) is 0 Å². The van der Waals surface area contributed by atoms with E-state index in [0.29, 0.717) is 0 Å². The van der Waals surface area contributed by atoms with Crippen LogP contribution < -0.4 is 0 Å². The molecule has 0 saturated carbocycles.